The van der Waals surface area contributed by atoms with Crippen molar-refractivity contribution in [2.45, 2.75) is 0 Å². The second-order valence-corrected chi connectivity index (χ2v) is 5.21. The Morgan fingerprint density at radius 3 is 1.30 bits per heavy atom. The fourth-order valence-electron chi connectivity index (χ4n) is 2.11. The summed E-state index contributed by atoms with van der Waals surface area (Å²) in [7, 11) is 0. The summed E-state index contributed by atoms with van der Waals surface area (Å²) in [6.07, 6.45) is 0. The van der Waals surface area contributed by atoms with Crippen molar-refractivity contribution in [1.29, 1.82) is 0 Å². The first-order valence-electron chi connectivity index (χ1n) is 7.25. The number of hydrogen-bond acceptors (Lipinski definition) is 9. The number of phenols is 1. The van der Waals surface area contributed by atoms with Crippen LogP contribution < -0.4 is 9.68 Å². The van der Waals surface area contributed by atoms with Gasteiger partial charge in [-0.2, -0.15) is 0 Å². The highest BCUT2D eigenvalue weighted by Crippen LogP contribution is 2.22. The average molecular weight is 376 g/mol. The van der Waals surface area contributed by atoms with Crippen LogP contribution >= 0.6 is 0 Å². The van der Waals surface area contributed by atoms with Gasteiger partial charge in [0, 0.05) is 24.3 Å². The van der Waals surface area contributed by atoms with Gasteiger partial charge in [-0.3, -0.25) is 0 Å². The maximum atomic E-state index is 12.2. The molecule has 0 unspecified atom stereocenters. The molecule has 0 saturated heterocycles. The first-order chi connectivity index (χ1) is 12.8. The second kappa shape index (κ2) is 6.55. The zero-order valence-electron chi connectivity index (χ0n) is 13.3. The van der Waals surface area contributed by atoms with Crippen molar-refractivity contribution in [3.05, 3.63) is 53.6 Å². The monoisotopic (exact) mass is 376 g/mol. The van der Waals surface area contributed by atoms with Crippen LogP contribution in [-0.4, -0.2) is 46.9 Å². The van der Waals surface area contributed by atoms with Gasteiger partial charge < -0.3 is 35.2 Å². The molecule has 0 bridgehead atoms. The molecule has 1 aromatic carbocycles. The Labute approximate surface area is 150 Å². The van der Waals surface area contributed by atoms with Gasteiger partial charge in [0.2, 0.25) is 23.5 Å². The number of benzene rings is 1. The van der Waals surface area contributed by atoms with Crippen LogP contribution in [0.25, 0.3) is 0 Å². The lowest BCUT2D eigenvalue weighted by atomic mass is 10.1. The topological polar surface area (TPSA) is 164 Å². The maximum Gasteiger partial charge on any atom is 0.364 e. The summed E-state index contributed by atoms with van der Waals surface area (Å²) in [6.45, 7) is 0. The number of hydrogen-bond donors (Lipinski definition) is 5. The molecule has 11 nitrogen and oxygen atoms in total. The van der Waals surface area contributed by atoms with Gasteiger partial charge in [-0.25, -0.2) is 9.59 Å². The predicted octanol–water partition coefficient (Wildman–Crippen LogP) is 0.356. The molecule has 0 atom stereocenters. The quantitative estimate of drug-likeness (QED) is 0.432. The molecule has 2 aromatic heterocycles. The third-order valence-corrected chi connectivity index (χ3v) is 3.33. The lowest BCUT2D eigenvalue weighted by molar-refractivity contribution is 0.0375. The van der Waals surface area contributed by atoms with Crippen molar-refractivity contribution in [2.24, 2.45) is 0 Å². The molecule has 5 N–H and O–H groups in total. The fraction of sp³-hybridized carbons (Fsp3) is 0. The van der Waals surface area contributed by atoms with Crippen LogP contribution in [0.4, 0.5) is 0 Å². The van der Waals surface area contributed by atoms with Crippen LogP contribution in [0.1, 0.15) is 20.7 Å². The van der Waals surface area contributed by atoms with E-state index in [1.165, 1.54) is 0 Å². The molecule has 0 aliphatic carbocycles. The largest absolute Gasteiger partial charge is 0.508 e. The van der Waals surface area contributed by atoms with Gasteiger partial charge in [0.1, 0.15) is 5.75 Å². The Hall–Kier alpha value is -4.28. The Kier molecular flexibility index (Phi) is 4.26. The number of carbonyl (C=O) groups is 2. The lowest BCUT2D eigenvalue weighted by Gasteiger charge is -2.10. The zero-order chi connectivity index (χ0) is 19.7. The number of carbonyl (C=O) groups excluding carboxylic acids is 2. The van der Waals surface area contributed by atoms with Crippen LogP contribution in [0.5, 0.6) is 29.3 Å². The first kappa shape index (κ1) is 17.5. The van der Waals surface area contributed by atoms with Crippen LogP contribution in [0.3, 0.4) is 0 Å². The molecule has 0 radical (unpaired) electrons. The van der Waals surface area contributed by atoms with E-state index in [0.717, 1.165) is 42.5 Å². The Balaban J connectivity index is 1.85. The van der Waals surface area contributed by atoms with E-state index in [1.54, 1.807) is 0 Å². The highest BCUT2D eigenvalue weighted by atomic mass is 16.7. The summed E-state index contributed by atoms with van der Waals surface area (Å²) in [5.41, 5.74) is -0.620. The van der Waals surface area contributed by atoms with Crippen molar-refractivity contribution >= 4 is 11.9 Å². The van der Waals surface area contributed by atoms with Crippen molar-refractivity contribution < 1.29 is 44.8 Å². The normalized spacial score (nSPS) is 10.5. The molecule has 3 rings (SSSR count). The molecule has 0 aliphatic heterocycles. The van der Waals surface area contributed by atoms with Crippen molar-refractivity contribution in [3.8, 4) is 29.3 Å². The fourth-order valence-corrected chi connectivity index (χ4v) is 2.11. The number of aromatic nitrogens is 2. The van der Waals surface area contributed by atoms with Gasteiger partial charge in [-0.15, -0.1) is 9.46 Å². The van der Waals surface area contributed by atoms with E-state index in [2.05, 4.69) is 0 Å². The van der Waals surface area contributed by atoms with Gasteiger partial charge in [0.05, 0.1) is 11.1 Å². The highest BCUT2D eigenvalue weighted by molar-refractivity contribution is 5.96. The smallest absolute Gasteiger partial charge is 0.364 e. The average Bonchev–Trinajstić information content (AvgIpc) is 3.11. The molecule has 27 heavy (non-hydrogen) atoms. The van der Waals surface area contributed by atoms with Gasteiger partial charge in [-0.05, 0) is 18.2 Å². The maximum absolute atomic E-state index is 12.2. The molecule has 0 fully saturated rings. The molecular formula is C16H12N2O9. The molecule has 0 aliphatic rings. The third kappa shape index (κ3) is 3.42. The summed E-state index contributed by atoms with van der Waals surface area (Å²) in [5.74, 6) is -4.95. The summed E-state index contributed by atoms with van der Waals surface area (Å²) >= 11 is 0. The van der Waals surface area contributed by atoms with Gasteiger partial charge in [0.25, 0.3) is 0 Å². The predicted molar refractivity (Wildman–Crippen MR) is 85.5 cm³/mol. The minimum absolute atomic E-state index is 0.310. The lowest BCUT2D eigenvalue weighted by Crippen LogP contribution is -2.21. The number of aromatic hydroxyl groups is 5. The summed E-state index contributed by atoms with van der Waals surface area (Å²) in [6, 6.07) is 7.24. The summed E-state index contributed by atoms with van der Waals surface area (Å²) in [4.78, 5) is 33.8. The molecule has 2 heterocycles. The van der Waals surface area contributed by atoms with Gasteiger partial charge in [0.15, 0.2) is 0 Å². The minimum Gasteiger partial charge on any atom is -0.508 e. The first-order valence-corrected chi connectivity index (χ1v) is 7.25. The van der Waals surface area contributed by atoms with Crippen molar-refractivity contribution in [1.82, 2.24) is 9.46 Å². The van der Waals surface area contributed by atoms with E-state index in [1.807, 2.05) is 0 Å². The highest BCUT2D eigenvalue weighted by Gasteiger charge is 2.20. The molecule has 0 amide bonds. The molecule has 0 spiro atoms. The van der Waals surface area contributed by atoms with Crippen LogP contribution in [0.2, 0.25) is 0 Å². The van der Waals surface area contributed by atoms with E-state index in [9.17, 15) is 35.1 Å². The van der Waals surface area contributed by atoms with E-state index >= 15 is 0 Å². The standard InChI is InChI=1S/C16H12N2O9/c19-10-6-8(15(24)26-17-11(20)1-2-12(17)21)5-9(7-10)16(25)27-18-13(22)3-4-14(18)23/h1-7,19-23H. The van der Waals surface area contributed by atoms with Gasteiger partial charge in [-0.1, -0.05) is 0 Å². The van der Waals surface area contributed by atoms with Crippen LogP contribution in [0.15, 0.2) is 42.5 Å². The van der Waals surface area contributed by atoms with Crippen LogP contribution in [-0.2, 0) is 0 Å². The SMILES string of the molecule is O=C(On1c(O)ccc1O)c1cc(O)cc(C(=O)On2c(O)ccc2O)c1. The molecular weight excluding hydrogens is 364 g/mol. The van der Waals surface area contributed by atoms with E-state index < -0.39 is 41.2 Å². The Morgan fingerprint density at radius 1 is 0.630 bits per heavy atom. The molecule has 140 valence electrons. The molecule has 3 aromatic rings. The van der Waals surface area contributed by atoms with E-state index in [0.29, 0.717) is 9.46 Å². The van der Waals surface area contributed by atoms with Crippen molar-refractivity contribution in [3.63, 3.8) is 0 Å². The van der Waals surface area contributed by atoms with Gasteiger partial charge >= 0.3 is 11.9 Å². The molecule has 0 saturated carbocycles. The van der Waals surface area contributed by atoms with Crippen molar-refractivity contribution in [2.75, 3.05) is 0 Å². The number of rotatable bonds is 4. The third-order valence-electron chi connectivity index (χ3n) is 3.33. The minimum atomic E-state index is -1.12. The second-order valence-electron chi connectivity index (χ2n) is 5.21. The van der Waals surface area contributed by atoms with E-state index in [4.69, 9.17) is 9.68 Å². The Bertz CT molecular complexity index is 917. The molecule has 11 heteroatoms. The van der Waals surface area contributed by atoms with Crippen LogP contribution in [0, 0.1) is 0 Å². The number of phenolic OH excluding ortho intramolecular Hbond substituents is 1. The zero-order valence-corrected chi connectivity index (χ0v) is 13.3. The summed E-state index contributed by atoms with van der Waals surface area (Å²) in [5, 5.41) is 47.6. The summed E-state index contributed by atoms with van der Waals surface area (Å²) < 4.78 is 0.862. The number of nitrogens with zero attached hydrogens (tertiary/aromatic N) is 2. The Morgan fingerprint density at radius 2 is 0.963 bits per heavy atom. The van der Waals surface area contributed by atoms with E-state index in [-0.39, 0.29) is 11.1 Å².